The number of hydrogen-bond donors (Lipinski definition) is 1. The molecule has 0 saturated heterocycles. The zero-order valence-electron chi connectivity index (χ0n) is 12.4. The molecular formula is C18H21NO2. The summed E-state index contributed by atoms with van der Waals surface area (Å²) in [6.07, 6.45) is 6.01. The van der Waals surface area contributed by atoms with E-state index in [-0.39, 0.29) is 0 Å². The van der Waals surface area contributed by atoms with E-state index >= 15 is 0 Å². The normalized spacial score (nSPS) is 25.9. The lowest BCUT2D eigenvalue weighted by Crippen LogP contribution is -2.37. The zero-order chi connectivity index (χ0) is 14.9. The summed E-state index contributed by atoms with van der Waals surface area (Å²) in [7, 11) is 0. The molecule has 1 aliphatic rings. The van der Waals surface area contributed by atoms with Gasteiger partial charge in [0, 0.05) is 11.6 Å². The predicted octanol–water partition coefficient (Wildman–Crippen LogP) is 4.06. The summed E-state index contributed by atoms with van der Waals surface area (Å²) < 4.78 is 0. The Kier molecular flexibility index (Phi) is 3.66. The van der Waals surface area contributed by atoms with Crippen LogP contribution in [0.4, 0.5) is 0 Å². The number of rotatable bonds is 3. The fourth-order valence-electron chi connectivity index (χ4n) is 3.41. The quantitative estimate of drug-likeness (QED) is 0.924. The molecule has 1 saturated carbocycles. The standard InChI is InChI=1S/C18H21NO2/c1-13-6-8-18(9-7-13,17(20)21)12-14-4-5-16-15(11-14)3-2-10-19-16/h2-5,10-11,13H,6-9,12H2,1H3,(H,20,21). The number of aliphatic carboxylic acids is 1. The van der Waals surface area contributed by atoms with Crippen LogP contribution in [0.5, 0.6) is 0 Å². The molecule has 0 bridgehead atoms. The van der Waals surface area contributed by atoms with Crippen LogP contribution >= 0.6 is 0 Å². The lowest BCUT2D eigenvalue weighted by Gasteiger charge is -2.36. The van der Waals surface area contributed by atoms with Crippen LogP contribution in [0.25, 0.3) is 10.9 Å². The monoisotopic (exact) mass is 283 g/mol. The van der Waals surface area contributed by atoms with Crippen LogP contribution in [-0.2, 0) is 11.2 Å². The predicted molar refractivity (Wildman–Crippen MR) is 83.1 cm³/mol. The first-order chi connectivity index (χ1) is 10.1. The van der Waals surface area contributed by atoms with Crippen LogP contribution in [0, 0.1) is 11.3 Å². The fourth-order valence-corrected chi connectivity index (χ4v) is 3.41. The van der Waals surface area contributed by atoms with Gasteiger partial charge in [-0.2, -0.15) is 0 Å². The topological polar surface area (TPSA) is 50.2 Å². The van der Waals surface area contributed by atoms with E-state index < -0.39 is 11.4 Å². The summed E-state index contributed by atoms with van der Waals surface area (Å²) in [6, 6.07) is 10.1. The largest absolute Gasteiger partial charge is 0.481 e. The van der Waals surface area contributed by atoms with Crippen molar-refractivity contribution >= 4 is 16.9 Å². The van der Waals surface area contributed by atoms with Crippen molar-refractivity contribution in [2.24, 2.45) is 11.3 Å². The molecule has 3 nitrogen and oxygen atoms in total. The molecule has 1 aromatic carbocycles. The first-order valence-electron chi connectivity index (χ1n) is 7.66. The second-order valence-corrected chi connectivity index (χ2v) is 6.48. The van der Waals surface area contributed by atoms with E-state index in [0.29, 0.717) is 12.3 Å². The maximum Gasteiger partial charge on any atom is 0.309 e. The Hall–Kier alpha value is -1.90. The molecule has 3 heteroatoms. The third-order valence-electron chi connectivity index (χ3n) is 4.89. The molecule has 110 valence electrons. The fraction of sp³-hybridized carbons (Fsp3) is 0.444. The van der Waals surface area contributed by atoms with Gasteiger partial charge in [0.1, 0.15) is 0 Å². The number of carbonyl (C=O) groups is 1. The SMILES string of the molecule is CC1CCC(Cc2ccc3ncccc3c2)(C(=O)O)CC1. The van der Waals surface area contributed by atoms with Crippen LogP contribution in [0.1, 0.15) is 38.2 Å². The summed E-state index contributed by atoms with van der Waals surface area (Å²) in [6.45, 7) is 2.22. The molecule has 0 radical (unpaired) electrons. The van der Waals surface area contributed by atoms with Gasteiger partial charge in [0.2, 0.25) is 0 Å². The molecule has 2 aromatic rings. The number of aromatic nitrogens is 1. The molecule has 3 rings (SSSR count). The number of fused-ring (bicyclic) bond motifs is 1. The average molecular weight is 283 g/mol. The van der Waals surface area contributed by atoms with E-state index in [9.17, 15) is 9.90 Å². The first kappa shape index (κ1) is 14.1. The summed E-state index contributed by atoms with van der Waals surface area (Å²) >= 11 is 0. The number of pyridine rings is 1. The molecule has 0 spiro atoms. The smallest absolute Gasteiger partial charge is 0.309 e. The van der Waals surface area contributed by atoms with Gasteiger partial charge in [0.15, 0.2) is 0 Å². The molecular weight excluding hydrogens is 262 g/mol. The second kappa shape index (κ2) is 5.47. The van der Waals surface area contributed by atoms with Crippen LogP contribution in [0.15, 0.2) is 36.5 Å². The molecule has 21 heavy (non-hydrogen) atoms. The number of hydrogen-bond acceptors (Lipinski definition) is 2. The van der Waals surface area contributed by atoms with Gasteiger partial charge in [-0.25, -0.2) is 0 Å². The van der Waals surface area contributed by atoms with Gasteiger partial charge in [0.25, 0.3) is 0 Å². The van der Waals surface area contributed by atoms with E-state index in [4.69, 9.17) is 0 Å². The Labute approximate surface area is 125 Å². The molecule has 1 N–H and O–H groups in total. The van der Waals surface area contributed by atoms with Gasteiger partial charge in [-0.1, -0.05) is 19.1 Å². The molecule has 1 aliphatic carbocycles. The average Bonchev–Trinajstić information content (AvgIpc) is 2.49. The van der Waals surface area contributed by atoms with Crippen LogP contribution in [0.3, 0.4) is 0 Å². The highest BCUT2D eigenvalue weighted by Gasteiger charge is 2.41. The van der Waals surface area contributed by atoms with Crippen molar-refractivity contribution in [3.05, 3.63) is 42.1 Å². The molecule has 1 aromatic heterocycles. The summed E-state index contributed by atoms with van der Waals surface area (Å²) in [5.41, 5.74) is 1.48. The van der Waals surface area contributed by atoms with Crippen LogP contribution in [-0.4, -0.2) is 16.1 Å². The van der Waals surface area contributed by atoms with Crippen molar-refractivity contribution in [2.45, 2.75) is 39.0 Å². The summed E-state index contributed by atoms with van der Waals surface area (Å²) in [4.78, 5) is 16.2. The maximum atomic E-state index is 11.8. The van der Waals surface area contributed by atoms with Crippen molar-refractivity contribution in [3.8, 4) is 0 Å². The van der Waals surface area contributed by atoms with Crippen molar-refractivity contribution < 1.29 is 9.90 Å². The molecule has 0 aliphatic heterocycles. The van der Waals surface area contributed by atoms with Gasteiger partial charge >= 0.3 is 5.97 Å². The number of carboxylic acid groups (broad SMARTS) is 1. The van der Waals surface area contributed by atoms with E-state index in [0.717, 1.165) is 42.1 Å². The van der Waals surface area contributed by atoms with Crippen molar-refractivity contribution in [1.82, 2.24) is 4.98 Å². The molecule has 1 fully saturated rings. The van der Waals surface area contributed by atoms with Crippen molar-refractivity contribution in [3.63, 3.8) is 0 Å². The Morgan fingerprint density at radius 3 is 2.81 bits per heavy atom. The van der Waals surface area contributed by atoms with Gasteiger partial charge in [-0.3, -0.25) is 9.78 Å². The highest BCUT2D eigenvalue weighted by Crippen LogP contribution is 2.41. The number of nitrogens with zero attached hydrogens (tertiary/aromatic N) is 1. The molecule has 0 unspecified atom stereocenters. The minimum Gasteiger partial charge on any atom is -0.481 e. The van der Waals surface area contributed by atoms with E-state index in [1.165, 1.54) is 0 Å². The van der Waals surface area contributed by atoms with Gasteiger partial charge in [-0.05, 0) is 61.8 Å². The van der Waals surface area contributed by atoms with Crippen LogP contribution in [0.2, 0.25) is 0 Å². The van der Waals surface area contributed by atoms with Crippen molar-refractivity contribution in [1.29, 1.82) is 0 Å². The van der Waals surface area contributed by atoms with E-state index in [1.807, 2.05) is 24.3 Å². The van der Waals surface area contributed by atoms with Gasteiger partial charge < -0.3 is 5.11 Å². The van der Waals surface area contributed by atoms with E-state index in [2.05, 4.69) is 18.0 Å². The van der Waals surface area contributed by atoms with Gasteiger partial charge in [0.05, 0.1) is 10.9 Å². The summed E-state index contributed by atoms with van der Waals surface area (Å²) in [5.74, 6) is 0.0129. The third-order valence-corrected chi connectivity index (χ3v) is 4.89. The molecule has 0 amide bonds. The molecule has 0 atom stereocenters. The first-order valence-corrected chi connectivity index (χ1v) is 7.66. The van der Waals surface area contributed by atoms with Crippen LogP contribution < -0.4 is 0 Å². The lowest BCUT2D eigenvalue weighted by atomic mass is 9.68. The second-order valence-electron chi connectivity index (χ2n) is 6.48. The Bertz CT molecular complexity index is 657. The number of carboxylic acids is 1. The van der Waals surface area contributed by atoms with E-state index in [1.54, 1.807) is 6.20 Å². The summed E-state index contributed by atoms with van der Waals surface area (Å²) in [5, 5.41) is 10.8. The molecule has 1 heterocycles. The Balaban J connectivity index is 1.89. The third kappa shape index (κ3) is 2.78. The number of benzene rings is 1. The Morgan fingerprint density at radius 1 is 1.33 bits per heavy atom. The zero-order valence-corrected chi connectivity index (χ0v) is 12.4. The Morgan fingerprint density at radius 2 is 2.10 bits per heavy atom. The highest BCUT2D eigenvalue weighted by molar-refractivity contribution is 5.80. The lowest BCUT2D eigenvalue weighted by molar-refractivity contribution is -0.151. The maximum absolute atomic E-state index is 11.8. The minimum atomic E-state index is -0.638. The highest BCUT2D eigenvalue weighted by atomic mass is 16.4. The van der Waals surface area contributed by atoms with Crippen molar-refractivity contribution in [2.75, 3.05) is 0 Å². The minimum absolute atomic E-state index is 0.581. The van der Waals surface area contributed by atoms with Gasteiger partial charge in [-0.15, -0.1) is 0 Å².